The summed E-state index contributed by atoms with van der Waals surface area (Å²) in [4.78, 5) is 23.6. The highest BCUT2D eigenvalue weighted by Gasteiger charge is 2.16. The second kappa shape index (κ2) is 6.64. The minimum Gasteiger partial charge on any atom is -0.481 e. The van der Waals surface area contributed by atoms with E-state index in [-0.39, 0.29) is 24.8 Å². The second-order valence-corrected chi connectivity index (χ2v) is 4.37. The maximum atomic E-state index is 11.7. The first-order valence-electron chi connectivity index (χ1n) is 6.41. The smallest absolute Gasteiger partial charge is 0.308 e. The lowest BCUT2D eigenvalue weighted by atomic mass is 10.1. The van der Waals surface area contributed by atoms with Crippen LogP contribution in [-0.4, -0.2) is 43.7 Å². The van der Waals surface area contributed by atoms with Crippen molar-refractivity contribution in [1.82, 2.24) is 25.5 Å². The number of tetrazole rings is 1. The lowest BCUT2D eigenvalue weighted by molar-refractivity contribution is -0.141. The normalized spacial score (nSPS) is 12.0. The molecule has 9 nitrogen and oxygen atoms in total. The third kappa shape index (κ3) is 3.88. The zero-order valence-corrected chi connectivity index (χ0v) is 11.4. The molecule has 0 aliphatic carbocycles. The van der Waals surface area contributed by atoms with E-state index in [1.807, 2.05) is 0 Å². The molecule has 0 aliphatic heterocycles. The SMILES string of the molecule is CCC(CNC(=O)Cn1nnc(-c2ccco2)n1)C(=O)O. The Morgan fingerprint density at radius 3 is 2.95 bits per heavy atom. The number of nitrogens with one attached hydrogen (secondary N) is 1. The summed E-state index contributed by atoms with van der Waals surface area (Å²) in [6.45, 7) is 1.69. The summed E-state index contributed by atoms with van der Waals surface area (Å²) < 4.78 is 5.11. The molecule has 9 heteroatoms. The third-order valence-electron chi connectivity index (χ3n) is 2.87. The number of amides is 1. The predicted octanol–water partition coefficient (Wildman–Crippen LogP) is 0.160. The van der Waals surface area contributed by atoms with Crippen LogP contribution in [0.5, 0.6) is 0 Å². The van der Waals surface area contributed by atoms with Gasteiger partial charge in [0.15, 0.2) is 5.76 Å². The van der Waals surface area contributed by atoms with E-state index in [4.69, 9.17) is 9.52 Å². The van der Waals surface area contributed by atoms with Gasteiger partial charge in [-0.05, 0) is 23.8 Å². The van der Waals surface area contributed by atoms with Crippen LogP contribution in [0.1, 0.15) is 13.3 Å². The topological polar surface area (TPSA) is 123 Å². The Morgan fingerprint density at radius 2 is 2.33 bits per heavy atom. The molecule has 2 aromatic rings. The number of hydrogen-bond donors (Lipinski definition) is 2. The van der Waals surface area contributed by atoms with Gasteiger partial charge in [0.05, 0.1) is 12.2 Å². The van der Waals surface area contributed by atoms with Gasteiger partial charge in [-0.25, -0.2) is 0 Å². The van der Waals surface area contributed by atoms with Crippen LogP contribution in [-0.2, 0) is 16.1 Å². The van der Waals surface area contributed by atoms with Crippen molar-refractivity contribution in [2.45, 2.75) is 19.9 Å². The lowest BCUT2D eigenvalue weighted by Crippen LogP contribution is -2.35. The molecule has 2 heterocycles. The Balaban J connectivity index is 1.87. The van der Waals surface area contributed by atoms with E-state index in [2.05, 4.69) is 20.7 Å². The Bertz CT molecular complexity index is 607. The molecule has 2 N–H and O–H groups in total. The number of carbonyl (C=O) groups excluding carboxylic acids is 1. The molecule has 1 atom stereocenters. The molecular weight excluding hydrogens is 278 g/mol. The van der Waals surface area contributed by atoms with Crippen molar-refractivity contribution in [2.24, 2.45) is 5.92 Å². The average molecular weight is 293 g/mol. The first-order chi connectivity index (χ1) is 10.1. The molecule has 0 fully saturated rings. The molecule has 21 heavy (non-hydrogen) atoms. The first kappa shape index (κ1) is 14.7. The Labute approximate surface area is 119 Å². The zero-order chi connectivity index (χ0) is 15.2. The van der Waals surface area contributed by atoms with Crippen molar-refractivity contribution in [3.8, 4) is 11.6 Å². The Kier molecular flexibility index (Phi) is 4.64. The lowest BCUT2D eigenvalue weighted by Gasteiger charge is -2.10. The molecule has 0 aliphatic rings. The molecule has 2 aromatic heterocycles. The van der Waals surface area contributed by atoms with Crippen LogP contribution in [0, 0.1) is 5.92 Å². The van der Waals surface area contributed by atoms with E-state index >= 15 is 0 Å². The highest BCUT2D eigenvalue weighted by Crippen LogP contribution is 2.12. The largest absolute Gasteiger partial charge is 0.481 e. The molecule has 1 amide bonds. The van der Waals surface area contributed by atoms with Gasteiger partial charge in [0, 0.05) is 6.54 Å². The van der Waals surface area contributed by atoms with Gasteiger partial charge in [0.1, 0.15) is 6.54 Å². The predicted molar refractivity (Wildman–Crippen MR) is 69.9 cm³/mol. The van der Waals surface area contributed by atoms with Crippen molar-refractivity contribution in [3.63, 3.8) is 0 Å². The van der Waals surface area contributed by atoms with E-state index in [1.54, 1.807) is 19.1 Å². The molecular formula is C12H15N5O4. The van der Waals surface area contributed by atoms with Gasteiger partial charge in [0.2, 0.25) is 11.7 Å². The van der Waals surface area contributed by atoms with E-state index < -0.39 is 11.9 Å². The summed E-state index contributed by atoms with van der Waals surface area (Å²) in [5.74, 6) is -1.17. The molecule has 0 saturated heterocycles. The Hall–Kier alpha value is -2.71. The number of aliphatic carboxylic acids is 1. The third-order valence-corrected chi connectivity index (χ3v) is 2.87. The van der Waals surface area contributed by atoms with E-state index in [9.17, 15) is 9.59 Å². The summed E-state index contributed by atoms with van der Waals surface area (Å²) in [6, 6.07) is 3.37. The summed E-state index contributed by atoms with van der Waals surface area (Å²) >= 11 is 0. The maximum absolute atomic E-state index is 11.7. The van der Waals surface area contributed by atoms with Crippen molar-refractivity contribution in [1.29, 1.82) is 0 Å². The average Bonchev–Trinajstić information content (AvgIpc) is 3.09. The number of furan rings is 1. The van der Waals surface area contributed by atoms with E-state index in [0.29, 0.717) is 12.2 Å². The van der Waals surface area contributed by atoms with Gasteiger partial charge in [-0.3, -0.25) is 9.59 Å². The van der Waals surface area contributed by atoms with E-state index in [1.165, 1.54) is 6.26 Å². The minimum atomic E-state index is -0.934. The fraction of sp³-hybridized carbons (Fsp3) is 0.417. The van der Waals surface area contributed by atoms with Crippen molar-refractivity contribution in [3.05, 3.63) is 18.4 Å². The minimum absolute atomic E-state index is 0.0738. The zero-order valence-electron chi connectivity index (χ0n) is 11.4. The van der Waals surface area contributed by atoms with Crippen molar-refractivity contribution >= 4 is 11.9 Å². The fourth-order valence-corrected chi connectivity index (χ4v) is 1.64. The number of rotatable bonds is 7. The molecule has 0 spiro atoms. The maximum Gasteiger partial charge on any atom is 0.308 e. The standard InChI is InChI=1S/C12H15N5O4/c1-2-8(12(19)20)6-13-10(18)7-17-15-11(14-16-17)9-4-3-5-21-9/h3-5,8H,2,6-7H2,1H3,(H,13,18)(H,19,20). The van der Waals surface area contributed by atoms with Crippen LogP contribution in [0.15, 0.2) is 22.8 Å². The highest BCUT2D eigenvalue weighted by atomic mass is 16.4. The van der Waals surface area contributed by atoms with Crippen molar-refractivity contribution < 1.29 is 19.1 Å². The van der Waals surface area contributed by atoms with Crippen LogP contribution < -0.4 is 5.32 Å². The molecule has 1 unspecified atom stereocenters. The molecule has 112 valence electrons. The Morgan fingerprint density at radius 1 is 1.52 bits per heavy atom. The van der Waals surface area contributed by atoms with Crippen LogP contribution in [0.4, 0.5) is 0 Å². The molecule has 2 rings (SSSR count). The van der Waals surface area contributed by atoms with Crippen LogP contribution >= 0.6 is 0 Å². The van der Waals surface area contributed by atoms with Crippen LogP contribution in [0.25, 0.3) is 11.6 Å². The summed E-state index contributed by atoms with van der Waals surface area (Å²) in [5, 5.41) is 22.9. The summed E-state index contributed by atoms with van der Waals surface area (Å²) in [7, 11) is 0. The molecule has 0 bridgehead atoms. The molecule has 0 saturated carbocycles. The monoisotopic (exact) mass is 293 g/mol. The number of aromatic nitrogens is 4. The van der Waals surface area contributed by atoms with Crippen LogP contribution in [0.3, 0.4) is 0 Å². The second-order valence-electron chi connectivity index (χ2n) is 4.37. The van der Waals surface area contributed by atoms with Gasteiger partial charge >= 0.3 is 5.97 Å². The number of nitrogens with zero attached hydrogens (tertiary/aromatic N) is 4. The quantitative estimate of drug-likeness (QED) is 0.745. The number of carboxylic acids is 1. The van der Waals surface area contributed by atoms with Crippen LogP contribution in [0.2, 0.25) is 0 Å². The summed E-state index contributed by atoms with van der Waals surface area (Å²) in [5.41, 5.74) is 0. The number of carboxylic acid groups (broad SMARTS) is 1. The fourth-order valence-electron chi connectivity index (χ4n) is 1.64. The molecule has 0 aromatic carbocycles. The first-order valence-corrected chi connectivity index (χ1v) is 6.41. The van der Waals surface area contributed by atoms with Gasteiger partial charge in [-0.2, -0.15) is 4.80 Å². The molecule has 0 radical (unpaired) electrons. The van der Waals surface area contributed by atoms with E-state index in [0.717, 1.165) is 4.80 Å². The number of carbonyl (C=O) groups is 2. The summed E-state index contributed by atoms with van der Waals surface area (Å²) in [6.07, 6.45) is 1.93. The highest BCUT2D eigenvalue weighted by molar-refractivity contribution is 5.77. The van der Waals surface area contributed by atoms with Gasteiger partial charge < -0.3 is 14.8 Å². The van der Waals surface area contributed by atoms with Crippen molar-refractivity contribution in [2.75, 3.05) is 6.54 Å². The van der Waals surface area contributed by atoms with Gasteiger partial charge in [-0.15, -0.1) is 10.2 Å². The van der Waals surface area contributed by atoms with Gasteiger partial charge in [-0.1, -0.05) is 6.92 Å². The van der Waals surface area contributed by atoms with Gasteiger partial charge in [0.25, 0.3) is 0 Å². The number of hydrogen-bond acceptors (Lipinski definition) is 6.